The molecule has 1 N–H and O–H groups in total. The maximum Gasteiger partial charge on any atom is 0.243 e. The summed E-state index contributed by atoms with van der Waals surface area (Å²) in [4.78, 5) is 14.4. The lowest BCUT2D eigenvalue weighted by Gasteiger charge is -2.19. The fourth-order valence-corrected chi connectivity index (χ4v) is 4.43. The number of benzene rings is 2. The highest BCUT2D eigenvalue weighted by Crippen LogP contribution is 2.18. The monoisotopic (exact) mass is 419 g/mol. The van der Waals surface area contributed by atoms with Gasteiger partial charge in [0.2, 0.25) is 15.9 Å². The normalized spacial score (nSPS) is 11.7. The van der Waals surface area contributed by atoms with Crippen molar-refractivity contribution < 1.29 is 17.9 Å². The molecule has 158 valence electrons. The average molecular weight is 420 g/mol. The highest BCUT2D eigenvalue weighted by molar-refractivity contribution is 7.89. The molecule has 0 unspecified atom stereocenters. The number of carbonyl (C=O) groups excluding carboxylic acids is 1. The van der Waals surface area contributed by atoms with Crippen LogP contribution in [0.25, 0.3) is 0 Å². The van der Waals surface area contributed by atoms with Gasteiger partial charge in [0.1, 0.15) is 5.75 Å². The first-order valence-corrected chi connectivity index (χ1v) is 11.0. The Labute approximate surface area is 173 Å². The van der Waals surface area contributed by atoms with Gasteiger partial charge in [0.15, 0.2) is 0 Å². The van der Waals surface area contributed by atoms with E-state index in [1.165, 1.54) is 16.4 Å². The van der Waals surface area contributed by atoms with Crippen molar-refractivity contribution in [3.8, 4) is 5.75 Å². The SMILES string of the molecule is CCN(CC)S(=O)(=O)c1ccc(NC(=O)CN(C)Cc2ccc(OC)cc2)cc1. The molecule has 0 aliphatic carbocycles. The molecule has 0 aliphatic heterocycles. The molecule has 0 bridgehead atoms. The Morgan fingerprint density at radius 3 is 2.10 bits per heavy atom. The molecule has 2 aromatic rings. The molecule has 0 spiro atoms. The third kappa shape index (κ3) is 6.28. The van der Waals surface area contributed by atoms with E-state index < -0.39 is 10.0 Å². The van der Waals surface area contributed by atoms with Crippen LogP contribution in [0.5, 0.6) is 5.75 Å². The van der Waals surface area contributed by atoms with Crippen LogP contribution in [0.15, 0.2) is 53.4 Å². The number of hydrogen-bond acceptors (Lipinski definition) is 5. The summed E-state index contributed by atoms with van der Waals surface area (Å²) < 4.78 is 31.6. The molecule has 0 fully saturated rings. The molecule has 2 aromatic carbocycles. The van der Waals surface area contributed by atoms with Gasteiger partial charge in [-0.25, -0.2) is 8.42 Å². The summed E-state index contributed by atoms with van der Waals surface area (Å²) in [5, 5.41) is 2.80. The fraction of sp³-hybridized carbons (Fsp3) is 0.381. The molecular formula is C21H29N3O4S. The van der Waals surface area contributed by atoms with E-state index in [2.05, 4.69) is 5.32 Å². The van der Waals surface area contributed by atoms with Crippen molar-refractivity contribution in [2.75, 3.05) is 39.1 Å². The van der Waals surface area contributed by atoms with Crippen LogP contribution in [-0.4, -0.2) is 57.3 Å². The second kappa shape index (κ2) is 10.4. The molecule has 0 aromatic heterocycles. The van der Waals surface area contributed by atoms with E-state index in [0.29, 0.717) is 25.3 Å². The van der Waals surface area contributed by atoms with Gasteiger partial charge in [-0.2, -0.15) is 4.31 Å². The van der Waals surface area contributed by atoms with Gasteiger partial charge in [0.05, 0.1) is 18.6 Å². The van der Waals surface area contributed by atoms with Crippen LogP contribution < -0.4 is 10.1 Å². The van der Waals surface area contributed by atoms with Crippen LogP contribution >= 0.6 is 0 Å². The first-order valence-electron chi connectivity index (χ1n) is 9.51. The van der Waals surface area contributed by atoms with Gasteiger partial charge in [-0.1, -0.05) is 26.0 Å². The molecule has 0 heterocycles. The molecule has 0 radical (unpaired) electrons. The van der Waals surface area contributed by atoms with Gasteiger partial charge in [-0.15, -0.1) is 0 Å². The van der Waals surface area contributed by atoms with Gasteiger partial charge in [-0.05, 0) is 49.0 Å². The summed E-state index contributed by atoms with van der Waals surface area (Å²) in [5.74, 6) is 0.626. The Balaban J connectivity index is 1.93. The van der Waals surface area contributed by atoms with Crippen molar-refractivity contribution in [2.24, 2.45) is 0 Å². The number of anilines is 1. The summed E-state index contributed by atoms with van der Waals surface area (Å²) in [7, 11) is -0.0149. The third-order valence-electron chi connectivity index (χ3n) is 4.51. The first-order chi connectivity index (χ1) is 13.8. The number of methoxy groups -OCH3 is 1. The Morgan fingerprint density at radius 1 is 1.00 bits per heavy atom. The summed E-state index contributed by atoms with van der Waals surface area (Å²) in [6, 6.07) is 13.9. The average Bonchev–Trinajstić information content (AvgIpc) is 2.69. The van der Waals surface area contributed by atoms with Crippen LogP contribution in [0.3, 0.4) is 0 Å². The molecule has 0 saturated carbocycles. The number of ether oxygens (including phenoxy) is 1. The minimum absolute atomic E-state index is 0.166. The zero-order chi connectivity index (χ0) is 21.4. The number of rotatable bonds is 10. The van der Waals surface area contributed by atoms with Crippen LogP contribution in [0, 0.1) is 0 Å². The van der Waals surface area contributed by atoms with E-state index in [1.807, 2.05) is 36.2 Å². The lowest BCUT2D eigenvalue weighted by Crippen LogP contribution is -2.31. The van der Waals surface area contributed by atoms with Gasteiger partial charge >= 0.3 is 0 Å². The second-order valence-electron chi connectivity index (χ2n) is 6.68. The zero-order valence-corrected chi connectivity index (χ0v) is 18.2. The number of likely N-dealkylation sites (N-methyl/N-ethyl adjacent to an activating group) is 1. The van der Waals surface area contributed by atoms with Gasteiger partial charge < -0.3 is 10.1 Å². The minimum atomic E-state index is -3.50. The lowest BCUT2D eigenvalue weighted by molar-refractivity contribution is -0.117. The Morgan fingerprint density at radius 2 is 1.59 bits per heavy atom. The molecule has 29 heavy (non-hydrogen) atoms. The number of hydrogen-bond donors (Lipinski definition) is 1. The van der Waals surface area contributed by atoms with Crippen LogP contribution in [0.4, 0.5) is 5.69 Å². The maximum absolute atomic E-state index is 12.5. The largest absolute Gasteiger partial charge is 0.497 e. The molecule has 8 heteroatoms. The minimum Gasteiger partial charge on any atom is -0.497 e. The van der Waals surface area contributed by atoms with Gasteiger partial charge in [-0.3, -0.25) is 9.69 Å². The molecule has 0 atom stereocenters. The molecular weight excluding hydrogens is 390 g/mol. The van der Waals surface area contributed by atoms with E-state index in [0.717, 1.165) is 11.3 Å². The van der Waals surface area contributed by atoms with Crippen LogP contribution in [0.2, 0.25) is 0 Å². The van der Waals surface area contributed by atoms with Crippen LogP contribution in [-0.2, 0) is 21.4 Å². The van der Waals surface area contributed by atoms with E-state index >= 15 is 0 Å². The highest BCUT2D eigenvalue weighted by atomic mass is 32.2. The molecule has 7 nitrogen and oxygen atoms in total. The van der Waals surface area contributed by atoms with Crippen molar-refractivity contribution in [3.63, 3.8) is 0 Å². The summed E-state index contributed by atoms with van der Waals surface area (Å²) in [6.07, 6.45) is 0. The number of amides is 1. The Hall–Kier alpha value is -2.42. The van der Waals surface area contributed by atoms with E-state index in [4.69, 9.17) is 4.74 Å². The van der Waals surface area contributed by atoms with Crippen LogP contribution in [0.1, 0.15) is 19.4 Å². The maximum atomic E-state index is 12.5. The summed E-state index contributed by atoms with van der Waals surface area (Å²) in [6.45, 7) is 5.27. The predicted octanol–water partition coefficient (Wildman–Crippen LogP) is 2.80. The van der Waals surface area contributed by atoms with E-state index in [1.54, 1.807) is 33.1 Å². The lowest BCUT2D eigenvalue weighted by atomic mass is 10.2. The molecule has 1 amide bonds. The molecule has 0 saturated heterocycles. The molecule has 2 rings (SSSR count). The number of nitrogens with zero attached hydrogens (tertiary/aromatic N) is 2. The summed E-state index contributed by atoms with van der Waals surface area (Å²) in [5.41, 5.74) is 1.64. The Bertz CT molecular complexity index is 893. The van der Waals surface area contributed by atoms with Crippen molar-refractivity contribution in [1.29, 1.82) is 0 Å². The smallest absolute Gasteiger partial charge is 0.243 e. The van der Waals surface area contributed by atoms with Crippen molar-refractivity contribution in [2.45, 2.75) is 25.3 Å². The zero-order valence-electron chi connectivity index (χ0n) is 17.4. The third-order valence-corrected chi connectivity index (χ3v) is 6.57. The second-order valence-corrected chi connectivity index (χ2v) is 8.62. The topological polar surface area (TPSA) is 79.0 Å². The number of carbonyl (C=O) groups is 1. The number of nitrogens with one attached hydrogen (secondary N) is 1. The number of sulfonamides is 1. The Kier molecular flexibility index (Phi) is 8.19. The van der Waals surface area contributed by atoms with E-state index in [9.17, 15) is 13.2 Å². The van der Waals surface area contributed by atoms with Crippen molar-refractivity contribution in [1.82, 2.24) is 9.21 Å². The summed E-state index contributed by atoms with van der Waals surface area (Å²) >= 11 is 0. The van der Waals surface area contributed by atoms with E-state index in [-0.39, 0.29) is 17.3 Å². The highest BCUT2D eigenvalue weighted by Gasteiger charge is 2.21. The predicted molar refractivity (Wildman–Crippen MR) is 115 cm³/mol. The van der Waals surface area contributed by atoms with Gasteiger partial charge in [0, 0.05) is 25.3 Å². The van der Waals surface area contributed by atoms with Crippen molar-refractivity contribution >= 4 is 21.6 Å². The standard InChI is InChI=1S/C21H29N3O4S/c1-5-24(6-2)29(26,27)20-13-9-18(10-14-20)22-21(25)16-23(3)15-17-7-11-19(28-4)12-8-17/h7-14H,5-6,15-16H2,1-4H3,(H,22,25). The first kappa shape index (κ1) is 22.9. The fourth-order valence-electron chi connectivity index (χ4n) is 2.97. The quantitative estimate of drug-likeness (QED) is 0.641. The van der Waals surface area contributed by atoms with Crippen molar-refractivity contribution in [3.05, 3.63) is 54.1 Å². The van der Waals surface area contributed by atoms with Gasteiger partial charge in [0.25, 0.3) is 0 Å². The molecule has 0 aliphatic rings.